The van der Waals surface area contributed by atoms with Crippen LogP contribution in [0.15, 0.2) is 34.7 Å². The van der Waals surface area contributed by atoms with Crippen LogP contribution in [0.4, 0.5) is 8.78 Å². The van der Waals surface area contributed by atoms with Gasteiger partial charge in [-0.2, -0.15) is 0 Å². The normalized spacial score (nSPS) is 17.5. The van der Waals surface area contributed by atoms with Gasteiger partial charge >= 0.3 is 0 Å². The quantitative estimate of drug-likeness (QED) is 0.773. The molecule has 6 heteroatoms. The van der Waals surface area contributed by atoms with Crippen LogP contribution < -0.4 is 0 Å². The molecule has 0 spiro atoms. The second-order valence-electron chi connectivity index (χ2n) is 6.75. The van der Waals surface area contributed by atoms with Crippen LogP contribution >= 0.6 is 0 Å². The summed E-state index contributed by atoms with van der Waals surface area (Å²) in [5, 5.41) is 0. The zero-order chi connectivity index (χ0) is 18.5. The van der Waals surface area contributed by atoms with E-state index in [2.05, 4.69) is 0 Å². The van der Waals surface area contributed by atoms with Gasteiger partial charge in [-0.25, -0.2) is 8.78 Å². The number of methoxy groups -OCH3 is 1. The topological polar surface area (TPSA) is 42.7 Å². The molecule has 26 heavy (non-hydrogen) atoms. The van der Waals surface area contributed by atoms with E-state index in [0.29, 0.717) is 43.6 Å². The van der Waals surface area contributed by atoms with Gasteiger partial charge in [0.15, 0.2) is 17.4 Å². The Morgan fingerprint density at radius 2 is 2.12 bits per heavy atom. The minimum atomic E-state index is -0.825. The molecule has 4 nitrogen and oxygen atoms in total. The lowest BCUT2D eigenvalue weighted by Gasteiger charge is -2.32. The Morgan fingerprint density at radius 1 is 1.27 bits per heavy atom. The molecule has 0 radical (unpaired) electrons. The van der Waals surface area contributed by atoms with E-state index in [1.54, 1.807) is 25.3 Å². The lowest BCUT2D eigenvalue weighted by molar-refractivity contribution is 0.0629. The molecule has 1 aliphatic rings. The van der Waals surface area contributed by atoms with E-state index >= 15 is 0 Å². The molecule has 0 aliphatic carbocycles. The van der Waals surface area contributed by atoms with E-state index in [1.165, 1.54) is 6.07 Å². The summed E-state index contributed by atoms with van der Waals surface area (Å²) in [6.07, 6.45) is 3.46. The van der Waals surface area contributed by atoms with E-state index in [1.807, 2.05) is 4.90 Å². The maximum Gasteiger partial charge on any atom is 0.289 e. The van der Waals surface area contributed by atoms with Crippen LogP contribution in [0.2, 0.25) is 0 Å². The van der Waals surface area contributed by atoms with E-state index in [-0.39, 0.29) is 5.91 Å². The van der Waals surface area contributed by atoms with Crippen LogP contribution in [0.3, 0.4) is 0 Å². The molecule has 1 saturated heterocycles. The Balaban J connectivity index is 1.56. The summed E-state index contributed by atoms with van der Waals surface area (Å²) in [6, 6.07) is 7.46. The minimum absolute atomic E-state index is 0.107. The molecule has 0 N–H and O–H groups in total. The predicted octanol–water partition coefficient (Wildman–Crippen LogP) is 4.19. The molecule has 0 saturated carbocycles. The fourth-order valence-electron chi connectivity index (χ4n) is 3.42. The summed E-state index contributed by atoms with van der Waals surface area (Å²) in [5.74, 6) is -0.442. The first kappa shape index (κ1) is 18.6. The van der Waals surface area contributed by atoms with Crippen molar-refractivity contribution in [3.63, 3.8) is 0 Å². The molecule has 1 aromatic carbocycles. The fraction of sp³-hybridized carbons (Fsp3) is 0.450. The second kappa shape index (κ2) is 8.45. The van der Waals surface area contributed by atoms with Gasteiger partial charge in [-0.1, -0.05) is 6.07 Å². The summed E-state index contributed by atoms with van der Waals surface area (Å²) in [5.41, 5.74) is 0.780. The number of carbonyl (C=O) groups excluding carboxylic acids is 1. The number of ether oxygens (including phenoxy) is 1. The minimum Gasteiger partial charge on any atom is -0.453 e. The lowest BCUT2D eigenvalue weighted by Crippen LogP contribution is -2.39. The van der Waals surface area contributed by atoms with Crippen molar-refractivity contribution < 1.29 is 22.7 Å². The lowest BCUT2D eigenvalue weighted by atomic mass is 9.91. The van der Waals surface area contributed by atoms with Crippen molar-refractivity contribution in [1.29, 1.82) is 0 Å². The maximum absolute atomic E-state index is 13.3. The monoisotopic (exact) mass is 363 g/mol. The van der Waals surface area contributed by atoms with Gasteiger partial charge in [-0.15, -0.1) is 0 Å². The fourth-order valence-corrected chi connectivity index (χ4v) is 3.42. The molecular weight excluding hydrogens is 340 g/mol. The van der Waals surface area contributed by atoms with Crippen LogP contribution in [0, 0.1) is 17.6 Å². The zero-order valence-corrected chi connectivity index (χ0v) is 14.8. The number of halogens is 2. The number of aryl methyl sites for hydroxylation is 1. The first-order valence-electron chi connectivity index (χ1n) is 8.87. The van der Waals surface area contributed by atoms with Crippen molar-refractivity contribution in [3.05, 3.63) is 59.1 Å². The maximum atomic E-state index is 13.3. The highest BCUT2D eigenvalue weighted by Gasteiger charge is 2.26. The Morgan fingerprint density at radius 3 is 2.88 bits per heavy atom. The molecule has 1 atom stereocenters. The number of likely N-dealkylation sites (tertiary alicyclic amines) is 1. The van der Waals surface area contributed by atoms with Crippen molar-refractivity contribution in [3.8, 4) is 0 Å². The zero-order valence-electron chi connectivity index (χ0n) is 14.8. The first-order valence-corrected chi connectivity index (χ1v) is 8.87. The third-order valence-corrected chi connectivity index (χ3v) is 4.79. The number of amides is 1. The van der Waals surface area contributed by atoms with Gasteiger partial charge in [0, 0.05) is 20.2 Å². The predicted molar refractivity (Wildman–Crippen MR) is 92.7 cm³/mol. The Bertz CT molecular complexity index is 759. The molecule has 1 aromatic heterocycles. The third kappa shape index (κ3) is 4.49. The summed E-state index contributed by atoms with van der Waals surface area (Å²) in [4.78, 5) is 14.4. The van der Waals surface area contributed by atoms with Crippen molar-refractivity contribution >= 4 is 5.91 Å². The molecule has 140 valence electrons. The van der Waals surface area contributed by atoms with Crippen LogP contribution in [-0.2, 0) is 17.8 Å². The van der Waals surface area contributed by atoms with Gasteiger partial charge in [0.1, 0.15) is 12.4 Å². The van der Waals surface area contributed by atoms with Crippen molar-refractivity contribution in [2.75, 3.05) is 20.2 Å². The van der Waals surface area contributed by atoms with E-state index in [0.717, 1.165) is 30.9 Å². The number of piperidine rings is 1. The van der Waals surface area contributed by atoms with Crippen molar-refractivity contribution in [2.24, 2.45) is 5.92 Å². The highest BCUT2D eigenvalue weighted by Crippen LogP contribution is 2.24. The van der Waals surface area contributed by atoms with Gasteiger partial charge in [0.05, 0.1) is 0 Å². The SMILES string of the molecule is COCc1ccc(C(=O)N2CCCC(CCc3ccc(F)c(F)c3)C2)o1. The van der Waals surface area contributed by atoms with Gasteiger partial charge in [-0.3, -0.25) is 4.79 Å². The number of carbonyl (C=O) groups is 1. The number of furan rings is 1. The van der Waals surface area contributed by atoms with Crippen LogP contribution in [-0.4, -0.2) is 31.0 Å². The largest absolute Gasteiger partial charge is 0.453 e. The number of benzene rings is 1. The average molecular weight is 363 g/mol. The third-order valence-electron chi connectivity index (χ3n) is 4.79. The number of hydrogen-bond donors (Lipinski definition) is 0. The van der Waals surface area contributed by atoms with Gasteiger partial charge in [0.25, 0.3) is 5.91 Å². The van der Waals surface area contributed by atoms with Crippen LogP contribution in [0.25, 0.3) is 0 Å². The molecule has 3 rings (SSSR count). The van der Waals surface area contributed by atoms with E-state index in [4.69, 9.17) is 9.15 Å². The number of hydrogen-bond acceptors (Lipinski definition) is 3. The number of rotatable bonds is 6. The highest BCUT2D eigenvalue weighted by molar-refractivity contribution is 5.91. The van der Waals surface area contributed by atoms with E-state index < -0.39 is 11.6 Å². The second-order valence-corrected chi connectivity index (χ2v) is 6.75. The highest BCUT2D eigenvalue weighted by atomic mass is 19.2. The smallest absolute Gasteiger partial charge is 0.289 e. The Kier molecular flexibility index (Phi) is 6.04. The summed E-state index contributed by atoms with van der Waals surface area (Å²) in [6.45, 7) is 1.70. The molecule has 2 aromatic rings. The molecule has 2 heterocycles. The van der Waals surface area contributed by atoms with Crippen molar-refractivity contribution in [2.45, 2.75) is 32.3 Å². The summed E-state index contributed by atoms with van der Waals surface area (Å²) in [7, 11) is 1.58. The molecule has 1 fully saturated rings. The molecule has 1 amide bonds. The standard InChI is InChI=1S/C20H23F2NO3/c1-25-13-16-7-9-19(26-16)20(24)23-10-2-3-15(12-23)5-4-14-6-8-17(21)18(22)11-14/h6-9,11,15H,2-5,10,12-13H2,1H3. The van der Waals surface area contributed by atoms with Crippen molar-refractivity contribution in [1.82, 2.24) is 4.90 Å². The van der Waals surface area contributed by atoms with Gasteiger partial charge < -0.3 is 14.1 Å². The van der Waals surface area contributed by atoms with Crippen LogP contribution in [0.1, 0.15) is 41.1 Å². The summed E-state index contributed by atoms with van der Waals surface area (Å²) < 4.78 is 36.9. The molecule has 1 unspecified atom stereocenters. The van der Waals surface area contributed by atoms with Gasteiger partial charge in [0.2, 0.25) is 0 Å². The molecular formula is C20H23F2NO3. The Hall–Kier alpha value is -2.21. The van der Waals surface area contributed by atoms with Crippen LogP contribution in [0.5, 0.6) is 0 Å². The number of nitrogens with zero attached hydrogens (tertiary/aromatic N) is 1. The summed E-state index contributed by atoms with van der Waals surface area (Å²) >= 11 is 0. The van der Waals surface area contributed by atoms with E-state index in [9.17, 15) is 13.6 Å². The molecule has 0 bridgehead atoms. The van der Waals surface area contributed by atoms with Gasteiger partial charge in [-0.05, 0) is 61.4 Å². The Labute approximate surface area is 151 Å². The average Bonchev–Trinajstić information content (AvgIpc) is 3.11. The molecule has 1 aliphatic heterocycles. The first-order chi connectivity index (χ1) is 12.6.